The Balaban J connectivity index is 2.21. The highest BCUT2D eigenvalue weighted by Gasteiger charge is 2.19. The van der Waals surface area contributed by atoms with Crippen LogP contribution in [-0.2, 0) is 7.05 Å². The first-order valence-electron chi connectivity index (χ1n) is 7.66. The van der Waals surface area contributed by atoms with Crippen LogP contribution in [0.5, 0.6) is 0 Å². The number of nitrogens with one attached hydrogen (secondary N) is 1. The van der Waals surface area contributed by atoms with Crippen molar-refractivity contribution in [3.8, 4) is 5.69 Å². The second-order valence-electron chi connectivity index (χ2n) is 6.10. The normalized spacial score (nSPS) is 11.7. The van der Waals surface area contributed by atoms with Crippen LogP contribution in [0.4, 0.5) is 0 Å². The molecule has 1 aromatic carbocycles. The smallest absolute Gasteiger partial charge is 0.283 e. The van der Waals surface area contributed by atoms with Crippen molar-refractivity contribution < 1.29 is 0 Å². The van der Waals surface area contributed by atoms with Gasteiger partial charge in [0.15, 0.2) is 11.2 Å². The van der Waals surface area contributed by atoms with Gasteiger partial charge < -0.3 is 0 Å². The molecule has 0 amide bonds. The lowest BCUT2D eigenvalue weighted by atomic mass is 10.1. The van der Waals surface area contributed by atoms with Gasteiger partial charge in [0.1, 0.15) is 0 Å². The number of aryl methyl sites for hydroxylation is 3. The van der Waals surface area contributed by atoms with Crippen molar-refractivity contribution in [2.45, 2.75) is 20.8 Å². The fourth-order valence-corrected chi connectivity index (χ4v) is 3.15. The SMILES string of the molecule is Cc1cccc(-n2c(C)cn3c4c(=O)[nH]c(=O)n(C)c4nc23)c1C. The molecule has 0 bridgehead atoms. The topological polar surface area (TPSA) is 77.1 Å². The molecular weight excluding hydrogens is 306 g/mol. The molecule has 1 N–H and O–H groups in total. The van der Waals surface area contributed by atoms with E-state index in [9.17, 15) is 9.59 Å². The van der Waals surface area contributed by atoms with Crippen molar-refractivity contribution in [3.05, 3.63) is 62.1 Å². The number of nitrogens with zero attached hydrogens (tertiary/aromatic N) is 4. The zero-order valence-electron chi connectivity index (χ0n) is 13.9. The first-order chi connectivity index (χ1) is 11.4. The van der Waals surface area contributed by atoms with Gasteiger partial charge in [0, 0.05) is 18.9 Å². The molecule has 0 radical (unpaired) electrons. The Hall–Kier alpha value is -3.09. The van der Waals surface area contributed by atoms with Gasteiger partial charge in [-0.15, -0.1) is 0 Å². The van der Waals surface area contributed by atoms with E-state index >= 15 is 0 Å². The number of aromatic amines is 1. The summed E-state index contributed by atoms with van der Waals surface area (Å²) in [5, 5.41) is 0. The zero-order chi connectivity index (χ0) is 17.2. The molecule has 0 aliphatic rings. The predicted molar refractivity (Wildman–Crippen MR) is 92.1 cm³/mol. The number of aromatic nitrogens is 5. The molecule has 3 heterocycles. The standard InChI is InChI=1S/C17H17N5O2/c1-9-6-5-7-12(11(9)3)22-10(2)8-21-13-14(18-16(21)22)20(4)17(24)19-15(13)23/h5-8H,1-4H3,(H,19,23,24). The van der Waals surface area contributed by atoms with Gasteiger partial charge in [-0.3, -0.25) is 23.3 Å². The van der Waals surface area contributed by atoms with Crippen LogP contribution < -0.4 is 11.2 Å². The summed E-state index contributed by atoms with van der Waals surface area (Å²) in [6.45, 7) is 6.09. The van der Waals surface area contributed by atoms with Gasteiger partial charge in [-0.25, -0.2) is 4.79 Å². The second-order valence-corrected chi connectivity index (χ2v) is 6.10. The lowest BCUT2D eigenvalue weighted by Gasteiger charge is -2.11. The number of benzene rings is 1. The molecule has 0 atom stereocenters. The molecule has 0 fully saturated rings. The highest BCUT2D eigenvalue weighted by atomic mass is 16.2. The Morgan fingerprint density at radius 3 is 2.62 bits per heavy atom. The number of hydrogen-bond donors (Lipinski definition) is 1. The first-order valence-corrected chi connectivity index (χ1v) is 7.66. The quantitative estimate of drug-likeness (QED) is 0.578. The van der Waals surface area contributed by atoms with Gasteiger partial charge in [0.05, 0.1) is 5.69 Å². The van der Waals surface area contributed by atoms with Gasteiger partial charge in [0.2, 0.25) is 5.78 Å². The summed E-state index contributed by atoms with van der Waals surface area (Å²) < 4.78 is 5.10. The molecule has 4 aromatic rings. The Bertz CT molecular complexity index is 1240. The fraction of sp³-hybridized carbons (Fsp3) is 0.235. The molecule has 0 aliphatic heterocycles. The van der Waals surface area contributed by atoms with Crippen molar-refractivity contribution in [1.82, 2.24) is 23.5 Å². The Kier molecular flexibility index (Phi) is 2.84. The van der Waals surface area contributed by atoms with Crippen molar-refractivity contribution in [2.75, 3.05) is 0 Å². The monoisotopic (exact) mass is 323 g/mol. The largest absolute Gasteiger partial charge is 0.329 e. The minimum absolute atomic E-state index is 0.373. The third kappa shape index (κ3) is 1.75. The number of hydrogen-bond acceptors (Lipinski definition) is 3. The lowest BCUT2D eigenvalue weighted by Crippen LogP contribution is -2.28. The summed E-state index contributed by atoms with van der Waals surface area (Å²) in [4.78, 5) is 31.0. The fourth-order valence-electron chi connectivity index (χ4n) is 3.15. The van der Waals surface area contributed by atoms with Gasteiger partial charge in [0.25, 0.3) is 5.56 Å². The van der Waals surface area contributed by atoms with E-state index in [-0.39, 0.29) is 0 Å². The van der Waals surface area contributed by atoms with E-state index in [1.165, 1.54) is 10.1 Å². The van der Waals surface area contributed by atoms with Gasteiger partial charge >= 0.3 is 5.69 Å². The second kappa shape index (κ2) is 4.70. The highest BCUT2D eigenvalue weighted by molar-refractivity contribution is 5.76. The summed E-state index contributed by atoms with van der Waals surface area (Å²) >= 11 is 0. The summed E-state index contributed by atoms with van der Waals surface area (Å²) in [7, 11) is 1.60. The van der Waals surface area contributed by atoms with Crippen LogP contribution in [0.15, 0.2) is 34.0 Å². The summed E-state index contributed by atoms with van der Waals surface area (Å²) in [6.07, 6.45) is 1.87. The minimum atomic E-state index is -0.469. The average molecular weight is 323 g/mol. The maximum absolute atomic E-state index is 12.3. The molecule has 7 nitrogen and oxygen atoms in total. The molecule has 0 saturated carbocycles. The maximum atomic E-state index is 12.3. The van der Waals surface area contributed by atoms with Crippen molar-refractivity contribution in [2.24, 2.45) is 7.05 Å². The van der Waals surface area contributed by atoms with Crippen LogP contribution in [0.1, 0.15) is 16.8 Å². The Labute approximate surface area is 136 Å². The van der Waals surface area contributed by atoms with Crippen LogP contribution in [0.2, 0.25) is 0 Å². The lowest BCUT2D eigenvalue weighted by molar-refractivity contribution is 0.831. The number of rotatable bonds is 1. The third-order valence-corrected chi connectivity index (χ3v) is 4.62. The molecular formula is C17H17N5O2. The zero-order valence-corrected chi connectivity index (χ0v) is 13.9. The molecule has 0 saturated heterocycles. The van der Waals surface area contributed by atoms with E-state index in [1.807, 2.05) is 29.8 Å². The molecule has 0 aliphatic carbocycles. The molecule has 0 spiro atoms. The van der Waals surface area contributed by atoms with Gasteiger partial charge in [-0.05, 0) is 38.0 Å². The number of H-pyrrole nitrogens is 1. The maximum Gasteiger partial charge on any atom is 0.329 e. The highest BCUT2D eigenvalue weighted by Crippen LogP contribution is 2.24. The van der Waals surface area contributed by atoms with Crippen molar-refractivity contribution >= 4 is 16.9 Å². The van der Waals surface area contributed by atoms with E-state index in [4.69, 9.17) is 0 Å². The van der Waals surface area contributed by atoms with Crippen LogP contribution in [0, 0.1) is 20.8 Å². The summed E-state index contributed by atoms with van der Waals surface area (Å²) in [6, 6.07) is 6.09. The van der Waals surface area contributed by atoms with Crippen LogP contribution in [0.25, 0.3) is 22.6 Å². The van der Waals surface area contributed by atoms with Crippen LogP contribution in [-0.4, -0.2) is 23.5 Å². The van der Waals surface area contributed by atoms with Crippen molar-refractivity contribution in [3.63, 3.8) is 0 Å². The molecule has 7 heteroatoms. The molecule has 122 valence electrons. The van der Waals surface area contributed by atoms with E-state index in [0.717, 1.165) is 16.9 Å². The number of fused-ring (bicyclic) bond motifs is 3. The molecule has 24 heavy (non-hydrogen) atoms. The molecule has 3 aromatic heterocycles. The molecule has 4 rings (SSSR count). The van der Waals surface area contributed by atoms with E-state index in [2.05, 4.69) is 29.9 Å². The van der Waals surface area contributed by atoms with Crippen LogP contribution in [0.3, 0.4) is 0 Å². The van der Waals surface area contributed by atoms with Crippen molar-refractivity contribution in [1.29, 1.82) is 0 Å². The third-order valence-electron chi connectivity index (χ3n) is 4.62. The minimum Gasteiger partial charge on any atom is -0.283 e. The summed E-state index contributed by atoms with van der Waals surface area (Å²) in [5.41, 5.74) is 4.15. The average Bonchev–Trinajstić information content (AvgIpc) is 3.03. The van der Waals surface area contributed by atoms with E-state index < -0.39 is 11.2 Å². The van der Waals surface area contributed by atoms with Gasteiger partial charge in [-0.1, -0.05) is 12.1 Å². The Morgan fingerprint density at radius 2 is 1.88 bits per heavy atom. The summed E-state index contributed by atoms with van der Waals surface area (Å²) in [5.74, 6) is 0.614. The van der Waals surface area contributed by atoms with E-state index in [1.54, 1.807) is 11.4 Å². The van der Waals surface area contributed by atoms with E-state index in [0.29, 0.717) is 16.9 Å². The number of imidazole rings is 2. The predicted octanol–water partition coefficient (Wildman–Crippen LogP) is 1.59. The Morgan fingerprint density at radius 1 is 1.12 bits per heavy atom. The first kappa shape index (κ1) is 14.5. The van der Waals surface area contributed by atoms with Gasteiger partial charge in [-0.2, -0.15) is 4.98 Å². The molecule has 0 unspecified atom stereocenters. The van der Waals surface area contributed by atoms with Crippen LogP contribution >= 0.6 is 0 Å².